The molecule has 0 aromatic carbocycles. The van der Waals surface area contributed by atoms with Crippen LogP contribution >= 0.6 is 0 Å². The topological polar surface area (TPSA) is 59.0 Å². The second-order valence-corrected chi connectivity index (χ2v) is 10.3. The molecule has 33 heavy (non-hydrogen) atoms. The molecule has 1 fully saturated rings. The van der Waals surface area contributed by atoms with Crippen molar-refractivity contribution in [3.8, 4) is 0 Å². The molecule has 0 aromatic heterocycles. The van der Waals surface area contributed by atoms with Gasteiger partial charge < -0.3 is 15.5 Å². The molecule has 0 radical (unpaired) electrons. The van der Waals surface area contributed by atoms with Crippen molar-refractivity contribution in [3.05, 3.63) is 0 Å². The fraction of sp³-hybridized carbons (Fsp3) is 1.00. The Bertz CT molecular complexity index is 389. The molecule has 1 rings (SSSR count). The van der Waals surface area contributed by atoms with Gasteiger partial charge in [-0.2, -0.15) is 0 Å². The van der Waals surface area contributed by atoms with Crippen LogP contribution in [0, 0.1) is 0 Å². The highest BCUT2D eigenvalue weighted by Gasteiger charge is 2.19. The first-order valence-corrected chi connectivity index (χ1v) is 14.8. The minimum Gasteiger partial charge on any atom is -0.367 e. The molecule has 1 heterocycles. The monoisotopic (exact) mass is 469 g/mol. The summed E-state index contributed by atoms with van der Waals surface area (Å²) < 4.78 is 0. The Labute approximate surface area is 206 Å². The van der Waals surface area contributed by atoms with Crippen LogP contribution < -0.4 is 5.32 Å². The van der Waals surface area contributed by atoms with Crippen LogP contribution in [-0.4, -0.2) is 65.8 Å². The van der Waals surface area contributed by atoms with Gasteiger partial charge in [0.2, 0.25) is 0 Å². The summed E-state index contributed by atoms with van der Waals surface area (Å²) in [5.41, 5.74) is 0. The van der Waals surface area contributed by atoms with E-state index >= 15 is 0 Å². The van der Waals surface area contributed by atoms with Crippen molar-refractivity contribution in [1.29, 1.82) is 0 Å². The molecule has 1 saturated heterocycles. The molecule has 0 spiro atoms. The zero-order valence-electron chi connectivity index (χ0n) is 22.3. The maximum Gasteiger partial charge on any atom is 0.165 e. The van der Waals surface area contributed by atoms with Crippen molar-refractivity contribution in [1.82, 2.24) is 15.3 Å². The highest BCUT2D eigenvalue weighted by molar-refractivity contribution is 4.68. The molecular weight excluding hydrogens is 410 g/mol. The molecule has 0 aliphatic carbocycles. The summed E-state index contributed by atoms with van der Waals surface area (Å²) in [6.45, 7) is 7.46. The zero-order valence-corrected chi connectivity index (χ0v) is 22.3. The van der Waals surface area contributed by atoms with Crippen molar-refractivity contribution in [3.63, 3.8) is 0 Å². The normalized spacial score (nSPS) is 15.2. The van der Waals surface area contributed by atoms with E-state index in [1.54, 1.807) is 0 Å². The minimum absolute atomic E-state index is 0.332. The quantitative estimate of drug-likeness (QED) is 0.115. The standard InChI is InChI=1S/C28H59N3O2/c1-2-3-4-5-6-7-8-9-10-11-12-13-14-15-16-17-18-19-20-21-24-31(27-28(32)33)30-25-22-29-23-26-30/h28-29,32-33H,2-27H2,1H3. The van der Waals surface area contributed by atoms with Crippen LogP contribution in [0.2, 0.25) is 0 Å². The summed E-state index contributed by atoms with van der Waals surface area (Å²) in [6, 6.07) is 0. The second kappa shape index (κ2) is 23.5. The van der Waals surface area contributed by atoms with E-state index in [1.807, 2.05) is 0 Å². The van der Waals surface area contributed by atoms with Gasteiger partial charge in [0.1, 0.15) is 0 Å². The number of nitrogens with zero attached hydrogens (tertiary/aromatic N) is 2. The second-order valence-electron chi connectivity index (χ2n) is 10.3. The minimum atomic E-state index is -1.25. The molecule has 0 saturated carbocycles. The summed E-state index contributed by atoms with van der Waals surface area (Å²) in [7, 11) is 0. The van der Waals surface area contributed by atoms with Gasteiger partial charge in [-0.1, -0.05) is 129 Å². The Balaban J connectivity index is 1.80. The van der Waals surface area contributed by atoms with E-state index in [-0.39, 0.29) is 0 Å². The number of aliphatic hydroxyl groups is 2. The molecule has 3 N–H and O–H groups in total. The van der Waals surface area contributed by atoms with Gasteiger partial charge in [0, 0.05) is 32.7 Å². The van der Waals surface area contributed by atoms with Crippen molar-refractivity contribution < 1.29 is 10.2 Å². The van der Waals surface area contributed by atoms with E-state index < -0.39 is 6.29 Å². The third-order valence-electron chi connectivity index (χ3n) is 7.14. The van der Waals surface area contributed by atoms with E-state index in [0.717, 1.165) is 39.1 Å². The van der Waals surface area contributed by atoms with Gasteiger partial charge in [0.15, 0.2) is 6.29 Å². The van der Waals surface area contributed by atoms with Gasteiger partial charge in [0.05, 0.1) is 6.54 Å². The lowest BCUT2D eigenvalue weighted by Crippen LogP contribution is -2.54. The molecule has 5 heteroatoms. The first-order chi connectivity index (χ1) is 16.2. The van der Waals surface area contributed by atoms with Gasteiger partial charge in [-0.3, -0.25) is 0 Å². The SMILES string of the molecule is CCCCCCCCCCCCCCCCCCCCCCN(CC(O)O)N1CCNCC1. The molecule has 5 nitrogen and oxygen atoms in total. The highest BCUT2D eigenvalue weighted by Crippen LogP contribution is 2.15. The Morgan fingerprint density at radius 3 is 1.33 bits per heavy atom. The summed E-state index contributed by atoms with van der Waals surface area (Å²) in [6.07, 6.45) is 26.8. The molecule has 198 valence electrons. The van der Waals surface area contributed by atoms with Crippen molar-refractivity contribution in [2.45, 2.75) is 142 Å². The summed E-state index contributed by atoms with van der Waals surface area (Å²) in [5, 5.41) is 26.6. The molecule has 0 aromatic rings. The predicted molar refractivity (Wildman–Crippen MR) is 142 cm³/mol. The average molecular weight is 470 g/mol. The number of hydrogen-bond acceptors (Lipinski definition) is 5. The molecular formula is C28H59N3O2. The lowest BCUT2D eigenvalue weighted by molar-refractivity contribution is -0.122. The lowest BCUT2D eigenvalue weighted by Gasteiger charge is -2.38. The fourth-order valence-electron chi connectivity index (χ4n) is 5.02. The van der Waals surface area contributed by atoms with E-state index in [0.29, 0.717) is 6.54 Å². The summed E-state index contributed by atoms with van der Waals surface area (Å²) in [5.74, 6) is 0. The Kier molecular flexibility index (Phi) is 22.0. The Morgan fingerprint density at radius 1 is 0.606 bits per heavy atom. The molecule has 0 atom stereocenters. The van der Waals surface area contributed by atoms with E-state index in [9.17, 15) is 10.2 Å². The van der Waals surface area contributed by atoms with Crippen molar-refractivity contribution >= 4 is 0 Å². The van der Waals surface area contributed by atoms with Gasteiger partial charge in [-0.05, 0) is 6.42 Å². The highest BCUT2D eigenvalue weighted by atomic mass is 16.5. The average Bonchev–Trinajstić information content (AvgIpc) is 2.82. The van der Waals surface area contributed by atoms with Gasteiger partial charge in [0.25, 0.3) is 0 Å². The van der Waals surface area contributed by atoms with Crippen LogP contribution in [0.4, 0.5) is 0 Å². The van der Waals surface area contributed by atoms with Crippen LogP contribution in [-0.2, 0) is 0 Å². The maximum absolute atomic E-state index is 9.39. The molecule has 0 bridgehead atoms. The zero-order chi connectivity index (χ0) is 23.8. The number of hydrazine groups is 1. The van der Waals surface area contributed by atoms with E-state index in [1.165, 1.54) is 122 Å². The van der Waals surface area contributed by atoms with Gasteiger partial charge in [-0.15, -0.1) is 0 Å². The van der Waals surface area contributed by atoms with E-state index in [4.69, 9.17) is 0 Å². The fourth-order valence-corrected chi connectivity index (χ4v) is 5.02. The van der Waals surface area contributed by atoms with Crippen LogP contribution in [0.15, 0.2) is 0 Å². The van der Waals surface area contributed by atoms with Gasteiger partial charge >= 0.3 is 0 Å². The number of aliphatic hydroxyl groups excluding tert-OH is 1. The Morgan fingerprint density at radius 2 is 0.970 bits per heavy atom. The van der Waals surface area contributed by atoms with E-state index in [2.05, 4.69) is 22.3 Å². The van der Waals surface area contributed by atoms with Crippen LogP contribution in [0.3, 0.4) is 0 Å². The molecule has 1 aliphatic heterocycles. The third-order valence-corrected chi connectivity index (χ3v) is 7.14. The van der Waals surface area contributed by atoms with Crippen LogP contribution in [0.1, 0.15) is 135 Å². The maximum atomic E-state index is 9.39. The lowest BCUT2D eigenvalue weighted by atomic mass is 10.0. The summed E-state index contributed by atoms with van der Waals surface area (Å²) in [4.78, 5) is 0. The number of rotatable bonds is 24. The number of nitrogens with one attached hydrogen (secondary N) is 1. The van der Waals surface area contributed by atoms with Crippen LogP contribution in [0.5, 0.6) is 0 Å². The first kappa shape index (κ1) is 30.8. The Hall–Kier alpha value is -0.200. The number of piperazine rings is 1. The van der Waals surface area contributed by atoms with Crippen molar-refractivity contribution in [2.75, 3.05) is 39.3 Å². The number of hydrogen-bond donors (Lipinski definition) is 3. The van der Waals surface area contributed by atoms with Crippen LogP contribution in [0.25, 0.3) is 0 Å². The largest absolute Gasteiger partial charge is 0.367 e. The van der Waals surface area contributed by atoms with Crippen molar-refractivity contribution in [2.24, 2.45) is 0 Å². The molecule has 0 amide bonds. The molecule has 0 unspecified atom stereocenters. The predicted octanol–water partition coefficient (Wildman–Crippen LogP) is 6.24. The van der Waals surface area contributed by atoms with Gasteiger partial charge in [-0.25, -0.2) is 10.0 Å². The number of unbranched alkanes of at least 4 members (excludes halogenated alkanes) is 19. The summed E-state index contributed by atoms with van der Waals surface area (Å²) >= 11 is 0. The third kappa shape index (κ3) is 19.8. The smallest absolute Gasteiger partial charge is 0.165 e. The molecule has 1 aliphatic rings. The first-order valence-electron chi connectivity index (χ1n) is 14.8.